The van der Waals surface area contributed by atoms with E-state index in [9.17, 15) is 13.2 Å². The SMILES string of the molecule is CCN(CC)S(=O)(=O)c1cc(C(=O)Oc2c(C)cccc2C)ccc1OC. The number of hydrogen-bond acceptors (Lipinski definition) is 5. The van der Waals surface area contributed by atoms with Gasteiger partial charge in [0.1, 0.15) is 16.4 Å². The highest BCUT2D eigenvalue weighted by Crippen LogP contribution is 2.29. The molecule has 0 aliphatic rings. The van der Waals surface area contributed by atoms with Crippen LogP contribution in [0.4, 0.5) is 0 Å². The van der Waals surface area contributed by atoms with Crippen molar-refractivity contribution in [2.75, 3.05) is 20.2 Å². The monoisotopic (exact) mass is 391 g/mol. The average molecular weight is 391 g/mol. The zero-order chi connectivity index (χ0) is 20.2. The van der Waals surface area contributed by atoms with Crippen molar-refractivity contribution < 1.29 is 22.7 Å². The van der Waals surface area contributed by atoms with E-state index in [1.807, 2.05) is 32.0 Å². The first-order chi connectivity index (χ1) is 12.8. The Hall–Kier alpha value is -2.38. The molecule has 0 atom stereocenters. The van der Waals surface area contributed by atoms with Gasteiger partial charge in [0.25, 0.3) is 0 Å². The van der Waals surface area contributed by atoms with E-state index in [0.717, 1.165) is 11.1 Å². The molecule has 27 heavy (non-hydrogen) atoms. The topological polar surface area (TPSA) is 72.9 Å². The van der Waals surface area contributed by atoms with Crippen molar-refractivity contribution in [3.63, 3.8) is 0 Å². The van der Waals surface area contributed by atoms with Crippen molar-refractivity contribution in [1.29, 1.82) is 0 Å². The maximum atomic E-state index is 12.9. The number of para-hydroxylation sites is 1. The first-order valence-corrected chi connectivity index (χ1v) is 10.2. The quantitative estimate of drug-likeness (QED) is 0.533. The van der Waals surface area contributed by atoms with Crippen molar-refractivity contribution in [1.82, 2.24) is 4.31 Å². The fraction of sp³-hybridized carbons (Fsp3) is 0.350. The fourth-order valence-electron chi connectivity index (χ4n) is 2.82. The third-order valence-corrected chi connectivity index (χ3v) is 6.40. The molecular formula is C20H25NO5S. The molecule has 0 aromatic heterocycles. The first-order valence-electron chi connectivity index (χ1n) is 8.72. The number of methoxy groups -OCH3 is 1. The molecule has 0 heterocycles. The second-order valence-corrected chi connectivity index (χ2v) is 7.97. The van der Waals surface area contributed by atoms with Gasteiger partial charge in [-0.1, -0.05) is 32.0 Å². The minimum Gasteiger partial charge on any atom is -0.495 e. The van der Waals surface area contributed by atoms with Gasteiger partial charge < -0.3 is 9.47 Å². The van der Waals surface area contributed by atoms with Crippen LogP contribution in [0.1, 0.15) is 35.3 Å². The van der Waals surface area contributed by atoms with Crippen molar-refractivity contribution >= 4 is 16.0 Å². The largest absolute Gasteiger partial charge is 0.495 e. The Kier molecular flexibility index (Phi) is 6.62. The minimum atomic E-state index is -3.79. The molecule has 2 aromatic rings. The molecule has 146 valence electrons. The van der Waals surface area contributed by atoms with Gasteiger partial charge >= 0.3 is 5.97 Å². The highest BCUT2D eigenvalue weighted by molar-refractivity contribution is 7.89. The number of sulfonamides is 1. The number of esters is 1. The Labute approximate surface area is 160 Å². The zero-order valence-corrected chi connectivity index (χ0v) is 17.1. The zero-order valence-electron chi connectivity index (χ0n) is 16.3. The number of benzene rings is 2. The molecule has 2 aromatic carbocycles. The van der Waals surface area contributed by atoms with E-state index in [2.05, 4.69) is 0 Å². The van der Waals surface area contributed by atoms with Crippen molar-refractivity contribution in [2.24, 2.45) is 0 Å². The van der Waals surface area contributed by atoms with Gasteiger partial charge in [-0.3, -0.25) is 0 Å². The highest BCUT2D eigenvalue weighted by Gasteiger charge is 2.27. The van der Waals surface area contributed by atoms with Gasteiger partial charge in [-0.15, -0.1) is 0 Å². The van der Waals surface area contributed by atoms with Gasteiger partial charge in [0.2, 0.25) is 10.0 Å². The van der Waals surface area contributed by atoms with E-state index in [1.165, 1.54) is 29.6 Å². The average Bonchev–Trinajstić information content (AvgIpc) is 2.65. The Balaban J connectivity index is 2.46. The van der Waals surface area contributed by atoms with Gasteiger partial charge in [0.05, 0.1) is 12.7 Å². The summed E-state index contributed by atoms with van der Waals surface area (Å²) in [7, 11) is -2.39. The molecule has 0 radical (unpaired) electrons. The van der Waals surface area contributed by atoms with Gasteiger partial charge in [-0.05, 0) is 43.2 Å². The molecule has 6 nitrogen and oxygen atoms in total. The third-order valence-electron chi connectivity index (χ3n) is 4.33. The predicted octanol–water partition coefficient (Wildman–Crippen LogP) is 3.56. The van der Waals surface area contributed by atoms with Crippen LogP contribution in [-0.4, -0.2) is 38.9 Å². The van der Waals surface area contributed by atoms with Gasteiger partial charge in [0, 0.05) is 13.1 Å². The van der Waals surface area contributed by atoms with Crippen LogP contribution >= 0.6 is 0 Å². The van der Waals surface area contributed by atoms with E-state index < -0.39 is 16.0 Å². The van der Waals surface area contributed by atoms with E-state index in [4.69, 9.17) is 9.47 Å². The predicted molar refractivity (Wildman–Crippen MR) is 104 cm³/mol. The van der Waals surface area contributed by atoms with Crippen LogP contribution in [0.3, 0.4) is 0 Å². The Morgan fingerprint density at radius 3 is 2.15 bits per heavy atom. The minimum absolute atomic E-state index is 0.0512. The number of aryl methyl sites for hydroxylation is 2. The Morgan fingerprint density at radius 1 is 1.04 bits per heavy atom. The molecule has 2 rings (SSSR count). The summed E-state index contributed by atoms with van der Waals surface area (Å²) in [6.07, 6.45) is 0. The van der Waals surface area contributed by atoms with E-state index in [0.29, 0.717) is 18.8 Å². The molecule has 0 fully saturated rings. The molecular weight excluding hydrogens is 366 g/mol. The highest BCUT2D eigenvalue weighted by atomic mass is 32.2. The summed E-state index contributed by atoms with van der Waals surface area (Å²) in [6, 6.07) is 9.85. The fourth-order valence-corrected chi connectivity index (χ4v) is 4.46. The maximum Gasteiger partial charge on any atom is 0.343 e. The van der Waals surface area contributed by atoms with Crippen LogP contribution < -0.4 is 9.47 Å². The summed E-state index contributed by atoms with van der Waals surface area (Å²) in [5.41, 5.74) is 1.80. The first kappa shape index (κ1) is 20.9. The Morgan fingerprint density at radius 2 is 1.63 bits per heavy atom. The molecule has 0 saturated carbocycles. The van der Waals surface area contributed by atoms with Crippen molar-refractivity contribution in [3.05, 3.63) is 53.1 Å². The van der Waals surface area contributed by atoms with Crippen LogP contribution in [0.15, 0.2) is 41.3 Å². The number of nitrogens with zero attached hydrogens (tertiary/aromatic N) is 1. The van der Waals surface area contributed by atoms with Crippen molar-refractivity contribution in [3.8, 4) is 11.5 Å². The van der Waals surface area contributed by atoms with Crippen LogP contribution in [0.2, 0.25) is 0 Å². The van der Waals surface area contributed by atoms with E-state index in [-0.39, 0.29) is 16.2 Å². The summed E-state index contributed by atoms with van der Waals surface area (Å²) < 4.78 is 37.9. The lowest BCUT2D eigenvalue weighted by atomic mass is 10.1. The van der Waals surface area contributed by atoms with Crippen LogP contribution in [0.25, 0.3) is 0 Å². The number of ether oxygens (including phenoxy) is 2. The lowest BCUT2D eigenvalue weighted by Gasteiger charge is -2.20. The summed E-state index contributed by atoms with van der Waals surface area (Å²) in [5, 5.41) is 0. The van der Waals surface area contributed by atoms with Gasteiger partial charge in [-0.2, -0.15) is 4.31 Å². The van der Waals surface area contributed by atoms with E-state index in [1.54, 1.807) is 13.8 Å². The molecule has 0 spiro atoms. The number of hydrogen-bond donors (Lipinski definition) is 0. The molecule has 0 saturated heterocycles. The Bertz CT molecular complexity index is 913. The lowest BCUT2D eigenvalue weighted by Crippen LogP contribution is -2.31. The number of rotatable bonds is 7. The number of carbonyl (C=O) groups excluding carboxylic acids is 1. The summed E-state index contributed by atoms with van der Waals surface area (Å²) in [4.78, 5) is 12.6. The molecule has 0 N–H and O–H groups in total. The molecule has 0 unspecified atom stereocenters. The third kappa shape index (κ3) is 4.31. The lowest BCUT2D eigenvalue weighted by molar-refractivity contribution is 0.0732. The normalized spacial score (nSPS) is 11.5. The number of carbonyl (C=O) groups is 1. The molecule has 0 bridgehead atoms. The second kappa shape index (κ2) is 8.54. The summed E-state index contributed by atoms with van der Waals surface area (Å²) >= 11 is 0. The van der Waals surface area contributed by atoms with Crippen molar-refractivity contribution in [2.45, 2.75) is 32.6 Å². The molecule has 7 heteroatoms. The molecule has 0 amide bonds. The second-order valence-electron chi connectivity index (χ2n) is 6.07. The van der Waals surface area contributed by atoms with Crippen LogP contribution in [-0.2, 0) is 10.0 Å². The summed E-state index contributed by atoms with van der Waals surface area (Å²) in [5.74, 6) is 0.0445. The van der Waals surface area contributed by atoms with Crippen LogP contribution in [0, 0.1) is 13.8 Å². The van der Waals surface area contributed by atoms with Gasteiger partial charge in [-0.25, -0.2) is 13.2 Å². The standard InChI is InChI=1S/C20H25NO5S/c1-6-21(7-2)27(23,24)18-13-16(11-12-17(18)25-5)20(22)26-19-14(3)9-8-10-15(19)4/h8-13H,6-7H2,1-5H3. The van der Waals surface area contributed by atoms with Crippen LogP contribution in [0.5, 0.6) is 11.5 Å². The van der Waals surface area contributed by atoms with E-state index >= 15 is 0 Å². The summed E-state index contributed by atoms with van der Waals surface area (Å²) in [6.45, 7) is 7.84. The van der Waals surface area contributed by atoms with Gasteiger partial charge in [0.15, 0.2) is 0 Å². The molecule has 0 aliphatic heterocycles. The maximum absolute atomic E-state index is 12.9. The smallest absolute Gasteiger partial charge is 0.343 e. The molecule has 0 aliphatic carbocycles.